The standard InChI is InChI=1S/C17H15F3N4/c1-12-8-10-24(23-12)15-7-3-2-5-13(15)11-22-16-14(17(18,19)20)6-4-9-21-16/h2-10H,11H2,1H3,(H,21,22). The number of nitrogens with zero attached hydrogens (tertiary/aromatic N) is 3. The van der Waals surface area contributed by atoms with Crippen LogP contribution in [0, 0.1) is 6.92 Å². The normalized spacial score (nSPS) is 11.5. The number of halogens is 3. The highest BCUT2D eigenvalue weighted by Crippen LogP contribution is 2.33. The number of alkyl halides is 3. The minimum Gasteiger partial charge on any atom is -0.365 e. The number of nitrogens with one attached hydrogen (secondary N) is 1. The molecule has 0 saturated heterocycles. The molecule has 124 valence electrons. The second-order valence-electron chi connectivity index (χ2n) is 5.28. The summed E-state index contributed by atoms with van der Waals surface area (Å²) in [5.74, 6) is -0.184. The first-order chi connectivity index (χ1) is 11.4. The molecule has 0 spiro atoms. The summed E-state index contributed by atoms with van der Waals surface area (Å²) < 4.78 is 40.8. The highest BCUT2D eigenvalue weighted by molar-refractivity contribution is 5.48. The number of aromatic nitrogens is 3. The third-order valence-electron chi connectivity index (χ3n) is 3.52. The van der Waals surface area contributed by atoms with Crippen molar-refractivity contribution in [1.82, 2.24) is 14.8 Å². The SMILES string of the molecule is Cc1ccn(-c2ccccc2CNc2ncccc2C(F)(F)F)n1. The zero-order valence-corrected chi connectivity index (χ0v) is 12.9. The van der Waals surface area contributed by atoms with E-state index in [0.29, 0.717) is 0 Å². The van der Waals surface area contributed by atoms with Gasteiger partial charge in [-0.25, -0.2) is 9.67 Å². The Morgan fingerprint density at radius 2 is 1.88 bits per heavy atom. The van der Waals surface area contributed by atoms with Crippen LogP contribution < -0.4 is 5.32 Å². The highest BCUT2D eigenvalue weighted by Gasteiger charge is 2.34. The lowest BCUT2D eigenvalue weighted by molar-refractivity contribution is -0.137. The van der Waals surface area contributed by atoms with Crippen LogP contribution in [0.5, 0.6) is 0 Å². The Bertz CT molecular complexity index is 840. The van der Waals surface area contributed by atoms with Crippen LogP contribution in [0.1, 0.15) is 16.8 Å². The number of para-hydroxylation sites is 1. The fourth-order valence-corrected chi connectivity index (χ4v) is 2.39. The van der Waals surface area contributed by atoms with E-state index >= 15 is 0 Å². The van der Waals surface area contributed by atoms with E-state index in [9.17, 15) is 13.2 Å². The molecule has 0 aliphatic rings. The van der Waals surface area contributed by atoms with Crippen molar-refractivity contribution < 1.29 is 13.2 Å². The van der Waals surface area contributed by atoms with Crippen LogP contribution in [-0.4, -0.2) is 14.8 Å². The van der Waals surface area contributed by atoms with E-state index in [0.717, 1.165) is 23.0 Å². The molecule has 0 amide bonds. The van der Waals surface area contributed by atoms with Crippen molar-refractivity contribution in [3.05, 3.63) is 71.7 Å². The molecule has 7 heteroatoms. The molecular weight excluding hydrogens is 317 g/mol. The van der Waals surface area contributed by atoms with Crippen LogP contribution in [0.4, 0.5) is 19.0 Å². The predicted molar refractivity (Wildman–Crippen MR) is 84.9 cm³/mol. The van der Waals surface area contributed by atoms with Gasteiger partial charge in [-0.05, 0) is 36.8 Å². The molecule has 24 heavy (non-hydrogen) atoms. The van der Waals surface area contributed by atoms with Crippen LogP contribution in [0.3, 0.4) is 0 Å². The van der Waals surface area contributed by atoms with Gasteiger partial charge in [0.05, 0.1) is 16.9 Å². The summed E-state index contributed by atoms with van der Waals surface area (Å²) in [4.78, 5) is 3.81. The summed E-state index contributed by atoms with van der Waals surface area (Å²) in [5.41, 5.74) is 1.71. The molecule has 0 radical (unpaired) electrons. The molecule has 0 aliphatic heterocycles. The van der Waals surface area contributed by atoms with Crippen molar-refractivity contribution in [2.75, 3.05) is 5.32 Å². The fourth-order valence-electron chi connectivity index (χ4n) is 2.39. The van der Waals surface area contributed by atoms with E-state index in [-0.39, 0.29) is 12.4 Å². The molecule has 0 unspecified atom stereocenters. The quantitative estimate of drug-likeness (QED) is 0.778. The molecule has 0 bridgehead atoms. The summed E-state index contributed by atoms with van der Waals surface area (Å²) in [6, 6.07) is 11.6. The minimum atomic E-state index is -4.45. The molecular formula is C17H15F3N4. The van der Waals surface area contributed by atoms with Crippen molar-refractivity contribution in [1.29, 1.82) is 0 Å². The van der Waals surface area contributed by atoms with Gasteiger partial charge >= 0.3 is 6.18 Å². The zero-order chi connectivity index (χ0) is 17.2. The lowest BCUT2D eigenvalue weighted by Gasteiger charge is -2.15. The molecule has 0 fully saturated rings. The van der Waals surface area contributed by atoms with E-state index in [1.807, 2.05) is 43.5 Å². The molecule has 0 aliphatic carbocycles. The maximum Gasteiger partial charge on any atom is 0.419 e. The average Bonchev–Trinajstić information content (AvgIpc) is 2.99. The predicted octanol–water partition coefficient (Wildman–Crippen LogP) is 4.21. The number of hydrogen-bond donors (Lipinski definition) is 1. The van der Waals surface area contributed by atoms with Crippen molar-refractivity contribution in [3.63, 3.8) is 0 Å². The Labute approximate surface area is 137 Å². The topological polar surface area (TPSA) is 42.7 Å². The number of rotatable bonds is 4. The largest absolute Gasteiger partial charge is 0.419 e. The van der Waals surface area contributed by atoms with Gasteiger partial charge in [-0.3, -0.25) is 0 Å². The number of pyridine rings is 1. The minimum absolute atomic E-state index is 0.184. The number of anilines is 1. The van der Waals surface area contributed by atoms with Gasteiger partial charge in [-0.2, -0.15) is 18.3 Å². The summed E-state index contributed by atoms with van der Waals surface area (Å²) in [7, 11) is 0. The Balaban J connectivity index is 1.87. The molecule has 1 N–H and O–H groups in total. The maximum atomic E-state index is 13.0. The second-order valence-corrected chi connectivity index (χ2v) is 5.28. The summed E-state index contributed by atoms with van der Waals surface area (Å²) in [6.07, 6.45) is -1.30. The van der Waals surface area contributed by atoms with Crippen molar-refractivity contribution in [2.24, 2.45) is 0 Å². The van der Waals surface area contributed by atoms with Crippen molar-refractivity contribution in [2.45, 2.75) is 19.6 Å². The van der Waals surface area contributed by atoms with Crippen molar-refractivity contribution in [3.8, 4) is 5.69 Å². The van der Waals surface area contributed by atoms with Gasteiger partial charge in [0.25, 0.3) is 0 Å². The second kappa shape index (κ2) is 6.35. The van der Waals surface area contributed by atoms with Crippen molar-refractivity contribution >= 4 is 5.82 Å². The maximum absolute atomic E-state index is 13.0. The summed E-state index contributed by atoms with van der Waals surface area (Å²) >= 11 is 0. The van der Waals surface area contributed by atoms with Gasteiger partial charge in [0.15, 0.2) is 0 Å². The van der Waals surface area contributed by atoms with E-state index in [1.165, 1.54) is 12.3 Å². The van der Waals surface area contributed by atoms with Crippen LogP contribution >= 0.6 is 0 Å². The molecule has 2 heterocycles. The van der Waals surface area contributed by atoms with E-state index < -0.39 is 11.7 Å². The third-order valence-corrected chi connectivity index (χ3v) is 3.52. The number of aryl methyl sites for hydroxylation is 1. The Hall–Kier alpha value is -2.83. The van der Waals surface area contributed by atoms with Gasteiger partial charge in [0.1, 0.15) is 5.82 Å². The molecule has 3 rings (SSSR count). The first-order valence-corrected chi connectivity index (χ1v) is 7.32. The van der Waals surface area contributed by atoms with Gasteiger partial charge in [-0.15, -0.1) is 0 Å². The van der Waals surface area contributed by atoms with Crippen LogP contribution in [0.25, 0.3) is 5.69 Å². The molecule has 2 aromatic heterocycles. The monoisotopic (exact) mass is 332 g/mol. The average molecular weight is 332 g/mol. The first kappa shape index (κ1) is 16.0. The Kier molecular flexibility index (Phi) is 4.24. The lowest BCUT2D eigenvalue weighted by Crippen LogP contribution is -2.13. The van der Waals surface area contributed by atoms with E-state index in [1.54, 1.807) is 4.68 Å². The van der Waals surface area contributed by atoms with Crippen LogP contribution in [-0.2, 0) is 12.7 Å². The van der Waals surface area contributed by atoms with Crippen LogP contribution in [0.2, 0.25) is 0 Å². The number of hydrogen-bond acceptors (Lipinski definition) is 3. The highest BCUT2D eigenvalue weighted by atomic mass is 19.4. The summed E-state index contributed by atoms with van der Waals surface area (Å²) in [5, 5.41) is 7.13. The summed E-state index contributed by atoms with van der Waals surface area (Å²) in [6.45, 7) is 2.08. The molecule has 1 aromatic carbocycles. The fraction of sp³-hybridized carbons (Fsp3) is 0.176. The smallest absolute Gasteiger partial charge is 0.365 e. The third kappa shape index (κ3) is 3.40. The van der Waals surface area contributed by atoms with Gasteiger partial charge in [0, 0.05) is 18.9 Å². The molecule has 3 aromatic rings. The van der Waals surface area contributed by atoms with E-state index in [2.05, 4.69) is 15.4 Å². The Morgan fingerprint density at radius 1 is 1.08 bits per heavy atom. The molecule has 0 atom stereocenters. The van der Waals surface area contributed by atoms with Gasteiger partial charge in [-0.1, -0.05) is 18.2 Å². The van der Waals surface area contributed by atoms with Gasteiger partial charge in [0.2, 0.25) is 0 Å². The van der Waals surface area contributed by atoms with Crippen LogP contribution in [0.15, 0.2) is 54.9 Å². The lowest BCUT2D eigenvalue weighted by atomic mass is 10.1. The first-order valence-electron chi connectivity index (χ1n) is 7.32. The van der Waals surface area contributed by atoms with Gasteiger partial charge < -0.3 is 5.32 Å². The Morgan fingerprint density at radius 3 is 2.58 bits per heavy atom. The molecule has 0 saturated carbocycles. The zero-order valence-electron chi connectivity index (χ0n) is 12.9. The number of benzene rings is 1. The van der Waals surface area contributed by atoms with E-state index in [4.69, 9.17) is 0 Å². The molecule has 4 nitrogen and oxygen atoms in total.